The van der Waals surface area contributed by atoms with Crippen LogP contribution in [0.25, 0.3) is 0 Å². The lowest BCUT2D eigenvalue weighted by Crippen LogP contribution is -2.23. The average Bonchev–Trinajstić information content (AvgIpc) is 2.50. The van der Waals surface area contributed by atoms with E-state index < -0.39 is 0 Å². The monoisotopic (exact) mass is 195 g/mol. The van der Waals surface area contributed by atoms with Crippen LogP contribution in [0.15, 0.2) is 12.5 Å². The zero-order valence-electron chi connectivity index (χ0n) is 9.62. The lowest BCUT2D eigenvalue weighted by atomic mass is 9.82. The summed E-state index contributed by atoms with van der Waals surface area (Å²) >= 11 is 0. The molecular formula is C11H21N3. The standard InChI is InChI=1S/C11H21N3/c1-9(11(2,3)4)7-14-8-13-6-10(14)5-12/h6,8-9H,5,7,12H2,1-4H3. The number of imidazole rings is 1. The molecule has 0 radical (unpaired) electrons. The highest BCUT2D eigenvalue weighted by Crippen LogP contribution is 2.26. The molecule has 0 aliphatic carbocycles. The normalized spacial score (nSPS) is 14.4. The van der Waals surface area contributed by atoms with Crippen molar-refractivity contribution in [3.05, 3.63) is 18.2 Å². The topological polar surface area (TPSA) is 43.8 Å². The molecule has 14 heavy (non-hydrogen) atoms. The summed E-state index contributed by atoms with van der Waals surface area (Å²) in [6.45, 7) is 10.6. The van der Waals surface area contributed by atoms with E-state index in [0.29, 0.717) is 17.9 Å². The van der Waals surface area contributed by atoms with Gasteiger partial charge in [-0.25, -0.2) is 4.98 Å². The summed E-state index contributed by atoms with van der Waals surface area (Å²) in [4.78, 5) is 4.11. The molecule has 1 heterocycles. The quantitative estimate of drug-likeness (QED) is 0.802. The number of nitrogens with two attached hydrogens (primary N) is 1. The number of nitrogens with zero attached hydrogens (tertiary/aromatic N) is 2. The van der Waals surface area contributed by atoms with Gasteiger partial charge in [0.05, 0.1) is 12.0 Å². The van der Waals surface area contributed by atoms with Gasteiger partial charge in [-0.15, -0.1) is 0 Å². The van der Waals surface area contributed by atoms with Gasteiger partial charge in [-0.2, -0.15) is 0 Å². The lowest BCUT2D eigenvalue weighted by molar-refractivity contribution is 0.231. The van der Waals surface area contributed by atoms with Gasteiger partial charge in [-0.3, -0.25) is 0 Å². The fourth-order valence-electron chi connectivity index (χ4n) is 1.25. The summed E-state index contributed by atoms with van der Waals surface area (Å²) in [7, 11) is 0. The highest BCUT2D eigenvalue weighted by Gasteiger charge is 2.20. The Morgan fingerprint density at radius 2 is 2.14 bits per heavy atom. The van der Waals surface area contributed by atoms with E-state index >= 15 is 0 Å². The summed E-state index contributed by atoms with van der Waals surface area (Å²) in [6.07, 6.45) is 3.71. The summed E-state index contributed by atoms with van der Waals surface area (Å²) in [6, 6.07) is 0. The Hall–Kier alpha value is -0.830. The zero-order valence-corrected chi connectivity index (χ0v) is 9.62. The second-order valence-corrected chi connectivity index (χ2v) is 5.01. The van der Waals surface area contributed by atoms with E-state index in [1.165, 1.54) is 0 Å². The van der Waals surface area contributed by atoms with Gasteiger partial charge in [-0.1, -0.05) is 27.7 Å². The smallest absolute Gasteiger partial charge is 0.0948 e. The molecule has 3 nitrogen and oxygen atoms in total. The summed E-state index contributed by atoms with van der Waals surface area (Å²) < 4.78 is 2.15. The number of aromatic nitrogens is 2. The van der Waals surface area contributed by atoms with Crippen molar-refractivity contribution in [2.24, 2.45) is 17.1 Å². The van der Waals surface area contributed by atoms with Crippen LogP contribution in [0, 0.1) is 11.3 Å². The summed E-state index contributed by atoms with van der Waals surface area (Å²) in [5.74, 6) is 0.613. The van der Waals surface area contributed by atoms with Gasteiger partial charge in [-0.05, 0) is 11.3 Å². The maximum absolute atomic E-state index is 5.62. The highest BCUT2D eigenvalue weighted by atomic mass is 15.1. The molecule has 0 aromatic carbocycles. The van der Waals surface area contributed by atoms with E-state index in [0.717, 1.165) is 12.2 Å². The molecule has 0 bridgehead atoms. The first kappa shape index (κ1) is 11.2. The number of hydrogen-bond donors (Lipinski definition) is 1. The fourth-order valence-corrected chi connectivity index (χ4v) is 1.25. The van der Waals surface area contributed by atoms with Gasteiger partial charge in [0.1, 0.15) is 0 Å². The van der Waals surface area contributed by atoms with Crippen LogP contribution in [-0.4, -0.2) is 9.55 Å². The van der Waals surface area contributed by atoms with Gasteiger partial charge in [0.15, 0.2) is 0 Å². The second-order valence-electron chi connectivity index (χ2n) is 5.01. The summed E-state index contributed by atoms with van der Waals surface area (Å²) in [5.41, 5.74) is 7.06. The van der Waals surface area contributed by atoms with E-state index in [1.807, 2.05) is 12.5 Å². The van der Waals surface area contributed by atoms with Crippen LogP contribution < -0.4 is 5.73 Å². The maximum Gasteiger partial charge on any atom is 0.0948 e. The minimum Gasteiger partial charge on any atom is -0.333 e. The van der Waals surface area contributed by atoms with Gasteiger partial charge < -0.3 is 10.3 Å². The maximum atomic E-state index is 5.62. The molecule has 1 rings (SSSR count). The molecule has 0 aliphatic rings. The van der Waals surface area contributed by atoms with E-state index in [4.69, 9.17) is 5.73 Å². The minimum atomic E-state index is 0.330. The van der Waals surface area contributed by atoms with Crippen LogP contribution in [0.1, 0.15) is 33.4 Å². The molecule has 0 saturated heterocycles. The first-order valence-corrected chi connectivity index (χ1v) is 5.14. The van der Waals surface area contributed by atoms with Crippen LogP contribution in [0.2, 0.25) is 0 Å². The lowest BCUT2D eigenvalue weighted by Gasteiger charge is -2.28. The van der Waals surface area contributed by atoms with Crippen molar-refractivity contribution in [3.8, 4) is 0 Å². The van der Waals surface area contributed by atoms with Crippen molar-refractivity contribution >= 4 is 0 Å². The van der Waals surface area contributed by atoms with Gasteiger partial charge in [0.2, 0.25) is 0 Å². The molecule has 1 aromatic rings. The van der Waals surface area contributed by atoms with Crippen LogP contribution >= 0.6 is 0 Å². The Kier molecular flexibility index (Phi) is 3.32. The predicted octanol–water partition coefficient (Wildman–Crippen LogP) is 2.02. The third kappa shape index (κ3) is 2.58. The summed E-state index contributed by atoms with van der Waals surface area (Å²) in [5, 5.41) is 0. The molecule has 1 atom stereocenters. The average molecular weight is 195 g/mol. The Labute approximate surface area is 86.3 Å². The Morgan fingerprint density at radius 3 is 2.64 bits per heavy atom. The van der Waals surface area contributed by atoms with E-state index in [2.05, 4.69) is 37.2 Å². The molecule has 0 aliphatic heterocycles. The van der Waals surface area contributed by atoms with Crippen LogP contribution in [0.4, 0.5) is 0 Å². The molecular weight excluding hydrogens is 174 g/mol. The van der Waals surface area contributed by atoms with Crippen LogP contribution in [-0.2, 0) is 13.1 Å². The predicted molar refractivity (Wildman–Crippen MR) is 58.7 cm³/mol. The zero-order chi connectivity index (χ0) is 10.8. The van der Waals surface area contributed by atoms with Gasteiger partial charge in [0.25, 0.3) is 0 Å². The first-order chi connectivity index (χ1) is 6.45. The molecule has 0 amide bonds. The van der Waals surface area contributed by atoms with Gasteiger partial charge >= 0.3 is 0 Å². The van der Waals surface area contributed by atoms with Crippen molar-refractivity contribution in [1.82, 2.24) is 9.55 Å². The second kappa shape index (κ2) is 4.13. The number of rotatable bonds is 3. The van der Waals surface area contributed by atoms with E-state index in [1.54, 1.807) is 0 Å². The van der Waals surface area contributed by atoms with E-state index in [9.17, 15) is 0 Å². The van der Waals surface area contributed by atoms with Crippen LogP contribution in [0.3, 0.4) is 0 Å². The molecule has 0 saturated carbocycles. The SMILES string of the molecule is CC(Cn1cncc1CN)C(C)(C)C. The molecule has 2 N–H and O–H groups in total. The third-order valence-electron chi connectivity index (χ3n) is 2.96. The van der Waals surface area contributed by atoms with Crippen LogP contribution in [0.5, 0.6) is 0 Å². The molecule has 1 aromatic heterocycles. The Balaban J connectivity index is 2.69. The number of hydrogen-bond acceptors (Lipinski definition) is 2. The molecule has 3 heteroatoms. The van der Waals surface area contributed by atoms with Crippen molar-refractivity contribution in [2.75, 3.05) is 0 Å². The van der Waals surface area contributed by atoms with Gasteiger partial charge in [0, 0.05) is 19.3 Å². The molecule has 0 spiro atoms. The third-order valence-corrected chi connectivity index (χ3v) is 2.96. The minimum absolute atomic E-state index is 0.330. The largest absolute Gasteiger partial charge is 0.333 e. The molecule has 0 fully saturated rings. The highest BCUT2D eigenvalue weighted by molar-refractivity contribution is 4.97. The Morgan fingerprint density at radius 1 is 1.50 bits per heavy atom. The molecule has 1 unspecified atom stereocenters. The van der Waals surface area contributed by atoms with Crippen molar-refractivity contribution in [1.29, 1.82) is 0 Å². The Bertz CT molecular complexity index is 283. The molecule has 80 valence electrons. The first-order valence-electron chi connectivity index (χ1n) is 5.14. The van der Waals surface area contributed by atoms with Crippen molar-refractivity contribution in [2.45, 2.75) is 40.8 Å². The fraction of sp³-hybridized carbons (Fsp3) is 0.727. The van der Waals surface area contributed by atoms with Crippen molar-refractivity contribution in [3.63, 3.8) is 0 Å². The van der Waals surface area contributed by atoms with Crippen molar-refractivity contribution < 1.29 is 0 Å². The van der Waals surface area contributed by atoms with E-state index in [-0.39, 0.29) is 0 Å².